The molecule has 0 fully saturated rings. The second kappa shape index (κ2) is 8.29. The van der Waals surface area contributed by atoms with Gasteiger partial charge in [0, 0.05) is 12.8 Å². The molecule has 122 valence electrons. The highest BCUT2D eigenvalue weighted by Crippen LogP contribution is 2.17. The Labute approximate surface area is 135 Å². The van der Waals surface area contributed by atoms with Crippen molar-refractivity contribution >= 4 is 22.6 Å². The predicted molar refractivity (Wildman–Crippen MR) is 86.8 cm³/mol. The van der Waals surface area contributed by atoms with Gasteiger partial charge in [-0.2, -0.15) is 0 Å². The molecule has 5 nitrogen and oxygen atoms in total. The van der Waals surface area contributed by atoms with Gasteiger partial charge in [-0.1, -0.05) is 36.4 Å². The van der Waals surface area contributed by atoms with Gasteiger partial charge in [0.25, 0.3) is 0 Å². The predicted octanol–water partition coefficient (Wildman–Crippen LogP) is 3.29. The van der Waals surface area contributed by atoms with E-state index in [-0.39, 0.29) is 24.8 Å². The quantitative estimate of drug-likeness (QED) is 0.368. The van der Waals surface area contributed by atoms with Crippen molar-refractivity contribution < 1.29 is 19.5 Å². The summed E-state index contributed by atoms with van der Waals surface area (Å²) >= 11 is 0. The summed E-state index contributed by atoms with van der Waals surface area (Å²) < 4.78 is 4.54. The van der Waals surface area contributed by atoms with E-state index in [1.807, 2.05) is 42.5 Å². The number of ether oxygens (including phenoxy) is 1. The van der Waals surface area contributed by atoms with Gasteiger partial charge in [0.1, 0.15) is 0 Å². The average Bonchev–Trinajstić information content (AvgIpc) is 2.58. The van der Waals surface area contributed by atoms with Gasteiger partial charge >= 0.3 is 5.97 Å². The van der Waals surface area contributed by atoms with Gasteiger partial charge in [-0.05, 0) is 35.2 Å². The van der Waals surface area contributed by atoms with Gasteiger partial charge in [0.05, 0.1) is 13.7 Å². The topological polar surface area (TPSA) is 66.8 Å². The number of hydrogen-bond acceptors (Lipinski definition) is 4. The van der Waals surface area contributed by atoms with Gasteiger partial charge in [-0.3, -0.25) is 14.8 Å². The summed E-state index contributed by atoms with van der Waals surface area (Å²) in [6.07, 6.45) is 1.62. The first-order chi connectivity index (χ1) is 11.1. The zero-order valence-corrected chi connectivity index (χ0v) is 13.2. The van der Waals surface area contributed by atoms with E-state index in [1.165, 1.54) is 7.11 Å². The van der Waals surface area contributed by atoms with E-state index >= 15 is 0 Å². The van der Waals surface area contributed by atoms with Crippen molar-refractivity contribution in [2.45, 2.75) is 32.2 Å². The van der Waals surface area contributed by atoms with Crippen molar-refractivity contribution in [3.63, 3.8) is 0 Å². The second-order valence-corrected chi connectivity index (χ2v) is 5.42. The maximum absolute atomic E-state index is 11.9. The first kappa shape index (κ1) is 17.0. The van der Waals surface area contributed by atoms with Crippen LogP contribution in [0.25, 0.3) is 10.8 Å². The molecule has 2 rings (SSSR count). The highest BCUT2D eigenvalue weighted by atomic mass is 16.5. The molecule has 0 aliphatic heterocycles. The van der Waals surface area contributed by atoms with Crippen LogP contribution in [0.1, 0.15) is 31.2 Å². The number of hydrogen-bond donors (Lipinski definition) is 1. The molecule has 2 aromatic rings. The van der Waals surface area contributed by atoms with Crippen LogP contribution in [-0.4, -0.2) is 29.3 Å². The molecular weight excluding hydrogens is 294 g/mol. The molecule has 5 heteroatoms. The Balaban J connectivity index is 1.83. The molecule has 0 unspecified atom stereocenters. The van der Waals surface area contributed by atoms with Crippen molar-refractivity contribution in [3.05, 3.63) is 48.0 Å². The number of carbonyl (C=O) groups excluding carboxylic acids is 2. The number of nitrogens with zero attached hydrogens (tertiary/aromatic N) is 1. The van der Waals surface area contributed by atoms with E-state index < -0.39 is 0 Å². The molecule has 0 saturated carbocycles. The zero-order valence-electron chi connectivity index (χ0n) is 13.2. The fourth-order valence-corrected chi connectivity index (χ4v) is 2.37. The van der Waals surface area contributed by atoms with Crippen LogP contribution in [0.5, 0.6) is 0 Å². The number of benzene rings is 2. The molecule has 0 bridgehead atoms. The summed E-state index contributed by atoms with van der Waals surface area (Å²) in [5.41, 5.74) is 0.870. The van der Waals surface area contributed by atoms with Crippen LogP contribution in [-0.2, 0) is 20.9 Å². The maximum Gasteiger partial charge on any atom is 0.305 e. The first-order valence-corrected chi connectivity index (χ1v) is 7.64. The van der Waals surface area contributed by atoms with Crippen molar-refractivity contribution in [2.24, 2.45) is 0 Å². The fourth-order valence-electron chi connectivity index (χ4n) is 2.37. The molecule has 0 spiro atoms. The Kier molecular flexibility index (Phi) is 6.11. The summed E-state index contributed by atoms with van der Waals surface area (Å²) in [6, 6.07) is 13.8. The van der Waals surface area contributed by atoms with Crippen LogP contribution in [0.2, 0.25) is 0 Å². The van der Waals surface area contributed by atoms with E-state index in [0.29, 0.717) is 19.3 Å². The molecule has 0 aliphatic carbocycles. The van der Waals surface area contributed by atoms with Gasteiger partial charge in [-0.15, -0.1) is 0 Å². The Bertz CT molecular complexity index is 684. The molecule has 0 saturated heterocycles. The number of hydroxylamine groups is 2. The Hall–Kier alpha value is -2.40. The summed E-state index contributed by atoms with van der Waals surface area (Å²) in [6.45, 7) is 0.153. The normalized spacial score (nSPS) is 10.5. The first-order valence-electron chi connectivity index (χ1n) is 7.64. The molecular formula is C18H21NO4. The second-order valence-electron chi connectivity index (χ2n) is 5.42. The molecule has 1 amide bonds. The van der Waals surface area contributed by atoms with Crippen LogP contribution in [0, 0.1) is 0 Å². The van der Waals surface area contributed by atoms with Crippen LogP contribution < -0.4 is 0 Å². The zero-order chi connectivity index (χ0) is 16.7. The largest absolute Gasteiger partial charge is 0.469 e. The molecule has 0 heterocycles. The highest BCUT2D eigenvalue weighted by molar-refractivity contribution is 5.83. The van der Waals surface area contributed by atoms with E-state index in [4.69, 9.17) is 0 Å². The third-order valence-corrected chi connectivity index (χ3v) is 3.68. The van der Waals surface area contributed by atoms with Crippen LogP contribution in [0.4, 0.5) is 0 Å². The van der Waals surface area contributed by atoms with E-state index in [2.05, 4.69) is 4.74 Å². The number of methoxy groups -OCH3 is 1. The van der Waals surface area contributed by atoms with Crippen LogP contribution in [0.15, 0.2) is 42.5 Å². The lowest BCUT2D eigenvalue weighted by molar-refractivity contribution is -0.168. The molecule has 0 radical (unpaired) electrons. The molecule has 0 aliphatic rings. The molecule has 1 N–H and O–H groups in total. The fraction of sp³-hybridized carbons (Fsp3) is 0.333. The maximum atomic E-state index is 11.9. The molecule has 2 aromatic carbocycles. The highest BCUT2D eigenvalue weighted by Gasteiger charge is 2.12. The molecule has 0 atom stereocenters. The van der Waals surface area contributed by atoms with Crippen molar-refractivity contribution in [3.8, 4) is 0 Å². The van der Waals surface area contributed by atoms with Crippen molar-refractivity contribution in [1.82, 2.24) is 5.06 Å². The number of fused-ring (bicyclic) bond motifs is 1. The van der Waals surface area contributed by atoms with Gasteiger partial charge < -0.3 is 4.74 Å². The number of unbranched alkanes of at least 4 members (excludes halogenated alkanes) is 1. The van der Waals surface area contributed by atoms with Crippen LogP contribution in [0.3, 0.4) is 0 Å². The summed E-state index contributed by atoms with van der Waals surface area (Å²) in [4.78, 5) is 22.9. The minimum Gasteiger partial charge on any atom is -0.469 e. The third-order valence-electron chi connectivity index (χ3n) is 3.68. The molecule has 23 heavy (non-hydrogen) atoms. The number of esters is 1. The summed E-state index contributed by atoms with van der Waals surface area (Å²) in [7, 11) is 1.34. The lowest BCUT2D eigenvalue weighted by Gasteiger charge is -2.15. The van der Waals surface area contributed by atoms with E-state index in [0.717, 1.165) is 21.4 Å². The van der Waals surface area contributed by atoms with E-state index in [1.54, 1.807) is 0 Å². The Morgan fingerprint density at radius 2 is 1.74 bits per heavy atom. The smallest absolute Gasteiger partial charge is 0.305 e. The number of rotatable bonds is 7. The van der Waals surface area contributed by atoms with Crippen LogP contribution >= 0.6 is 0 Å². The van der Waals surface area contributed by atoms with Gasteiger partial charge in [0.2, 0.25) is 5.91 Å². The van der Waals surface area contributed by atoms with Crippen molar-refractivity contribution in [1.29, 1.82) is 0 Å². The lowest BCUT2D eigenvalue weighted by atomic mass is 10.1. The summed E-state index contributed by atoms with van der Waals surface area (Å²) in [5, 5.41) is 12.8. The Morgan fingerprint density at radius 3 is 2.48 bits per heavy atom. The monoisotopic (exact) mass is 315 g/mol. The average molecular weight is 315 g/mol. The van der Waals surface area contributed by atoms with Crippen molar-refractivity contribution in [2.75, 3.05) is 7.11 Å². The minimum absolute atomic E-state index is 0.153. The molecule has 0 aromatic heterocycles. The van der Waals surface area contributed by atoms with Gasteiger partial charge in [-0.25, -0.2) is 5.06 Å². The minimum atomic E-state index is -0.344. The SMILES string of the molecule is COC(=O)CCCCC(=O)N(O)Cc1ccc2ccccc2c1. The third kappa shape index (κ3) is 5.07. The standard InChI is InChI=1S/C18H21NO4/c1-23-18(21)9-5-4-8-17(20)19(22)13-14-10-11-15-6-2-3-7-16(15)12-14/h2-3,6-7,10-12,22H,4-5,8-9,13H2,1H3. The number of amides is 1. The number of carbonyl (C=O) groups is 2. The van der Waals surface area contributed by atoms with Gasteiger partial charge in [0.15, 0.2) is 0 Å². The lowest BCUT2D eigenvalue weighted by Crippen LogP contribution is -2.26. The Morgan fingerprint density at radius 1 is 1.04 bits per heavy atom. The van der Waals surface area contributed by atoms with E-state index in [9.17, 15) is 14.8 Å². The summed E-state index contributed by atoms with van der Waals surface area (Å²) in [5.74, 6) is -0.627.